The topological polar surface area (TPSA) is 38.8 Å². The largest absolute Gasteiger partial charge is 0.458 e. The SMILES string of the molecule is CC.O=C1Oc2cccc3ccc4c(c23)N1c1cccc2c1B4c1ccccc1O2. The monoisotopic (exact) mass is 391 g/mol. The van der Waals surface area contributed by atoms with Crippen LogP contribution in [0.15, 0.2) is 72.8 Å². The summed E-state index contributed by atoms with van der Waals surface area (Å²) in [5, 5.41) is 2.05. The number of fused-ring (bicyclic) bond motifs is 4. The van der Waals surface area contributed by atoms with Crippen molar-refractivity contribution in [3.8, 4) is 17.2 Å². The predicted octanol–water partition coefficient (Wildman–Crippen LogP) is 4.45. The minimum absolute atomic E-state index is 0.0192. The van der Waals surface area contributed by atoms with E-state index < -0.39 is 0 Å². The zero-order valence-electron chi connectivity index (χ0n) is 16.7. The Kier molecular flexibility index (Phi) is 3.51. The Bertz CT molecular complexity index is 1360. The summed E-state index contributed by atoms with van der Waals surface area (Å²) >= 11 is 0. The molecule has 0 radical (unpaired) electrons. The number of amides is 1. The molecule has 3 aliphatic heterocycles. The number of ether oxygens (including phenoxy) is 2. The Balaban J connectivity index is 0.000000852. The molecule has 0 spiro atoms. The third kappa shape index (κ3) is 2.04. The van der Waals surface area contributed by atoms with Gasteiger partial charge < -0.3 is 9.47 Å². The van der Waals surface area contributed by atoms with Crippen LogP contribution in [0.3, 0.4) is 0 Å². The molecule has 3 aliphatic rings. The minimum atomic E-state index is -0.377. The van der Waals surface area contributed by atoms with Crippen molar-refractivity contribution in [2.75, 3.05) is 4.90 Å². The molecule has 1 amide bonds. The normalized spacial score (nSPS) is 14.1. The van der Waals surface area contributed by atoms with Crippen LogP contribution in [0.1, 0.15) is 13.8 Å². The molecule has 4 aromatic carbocycles. The van der Waals surface area contributed by atoms with E-state index in [0.717, 1.165) is 50.0 Å². The van der Waals surface area contributed by atoms with E-state index >= 15 is 0 Å². The van der Waals surface area contributed by atoms with E-state index in [1.807, 2.05) is 62.4 Å². The number of hydrogen-bond donors (Lipinski definition) is 0. The molecule has 0 saturated heterocycles. The van der Waals surface area contributed by atoms with Gasteiger partial charge in [0, 0.05) is 5.39 Å². The molecule has 0 bridgehead atoms. The van der Waals surface area contributed by atoms with Crippen LogP contribution in [-0.2, 0) is 0 Å². The summed E-state index contributed by atoms with van der Waals surface area (Å²) < 4.78 is 11.9. The highest BCUT2D eigenvalue weighted by molar-refractivity contribution is 6.99. The van der Waals surface area contributed by atoms with E-state index in [1.54, 1.807) is 4.90 Å². The quantitative estimate of drug-likeness (QED) is 0.366. The summed E-state index contributed by atoms with van der Waals surface area (Å²) in [7, 11) is 0. The second kappa shape index (κ2) is 6.13. The molecule has 0 aliphatic carbocycles. The first kappa shape index (κ1) is 17.2. The van der Waals surface area contributed by atoms with E-state index in [9.17, 15) is 4.79 Å². The Morgan fingerprint density at radius 2 is 1.50 bits per heavy atom. The molecule has 4 nitrogen and oxygen atoms in total. The van der Waals surface area contributed by atoms with Gasteiger partial charge in [-0.1, -0.05) is 62.4 Å². The molecule has 0 fully saturated rings. The molecular weight excluding hydrogens is 373 g/mol. The molecule has 144 valence electrons. The second-order valence-corrected chi connectivity index (χ2v) is 7.32. The number of benzene rings is 4. The van der Waals surface area contributed by atoms with Crippen LogP contribution in [-0.4, -0.2) is 12.8 Å². The molecule has 3 heterocycles. The first-order valence-electron chi connectivity index (χ1n) is 10.3. The maximum atomic E-state index is 13.0. The number of rotatable bonds is 0. The first-order valence-corrected chi connectivity index (χ1v) is 10.3. The number of para-hydroxylation sites is 1. The van der Waals surface area contributed by atoms with Gasteiger partial charge in [0.2, 0.25) is 0 Å². The van der Waals surface area contributed by atoms with E-state index in [1.165, 1.54) is 0 Å². The van der Waals surface area contributed by atoms with Gasteiger partial charge in [0.1, 0.15) is 17.2 Å². The van der Waals surface area contributed by atoms with Crippen molar-refractivity contribution in [1.82, 2.24) is 0 Å². The van der Waals surface area contributed by atoms with E-state index in [-0.39, 0.29) is 12.8 Å². The van der Waals surface area contributed by atoms with Crippen molar-refractivity contribution in [3.63, 3.8) is 0 Å². The Hall–Kier alpha value is -3.73. The predicted molar refractivity (Wildman–Crippen MR) is 121 cm³/mol. The van der Waals surface area contributed by atoms with Crippen molar-refractivity contribution < 1.29 is 14.3 Å². The van der Waals surface area contributed by atoms with Crippen LogP contribution in [0.2, 0.25) is 0 Å². The maximum Gasteiger partial charge on any atom is 0.424 e. The molecule has 7 rings (SSSR count). The number of nitrogens with zero attached hydrogens (tertiary/aromatic N) is 1. The summed E-state index contributed by atoms with van der Waals surface area (Å²) in [6.45, 7) is 4.02. The van der Waals surface area contributed by atoms with Gasteiger partial charge in [0.15, 0.2) is 0 Å². The zero-order valence-corrected chi connectivity index (χ0v) is 16.7. The van der Waals surface area contributed by atoms with Crippen LogP contribution in [0.5, 0.6) is 17.2 Å². The molecule has 0 N–H and O–H groups in total. The van der Waals surface area contributed by atoms with Crippen molar-refractivity contribution in [2.24, 2.45) is 0 Å². The molecule has 0 saturated carbocycles. The zero-order chi connectivity index (χ0) is 20.4. The highest BCUT2D eigenvalue weighted by atomic mass is 16.6. The maximum absolute atomic E-state index is 13.0. The smallest absolute Gasteiger partial charge is 0.424 e. The van der Waals surface area contributed by atoms with Crippen LogP contribution in [0, 0.1) is 0 Å². The lowest BCUT2D eigenvalue weighted by Gasteiger charge is -2.40. The van der Waals surface area contributed by atoms with E-state index in [2.05, 4.69) is 24.3 Å². The lowest BCUT2D eigenvalue weighted by atomic mass is 9.34. The Morgan fingerprint density at radius 1 is 0.733 bits per heavy atom. The highest BCUT2D eigenvalue weighted by Gasteiger charge is 2.45. The summed E-state index contributed by atoms with van der Waals surface area (Å²) in [6, 6.07) is 24.1. The van der Waals surface area contributed by atoms with Crippen molar-refractivity contribution in [2.45, 2.75) is 13.8 Å². The van der Waals surface area contributed by atoms with Crippen LogP contribution in [0.25, 0.3) is 10.8 Å². The molecule has 4 aromatic rings. The van der Waals surface area contributed by atoms with E-state index in [0.29, 0.717) is 5.75 Å². The van der Waals surface area contributed by atoms with Gasteiger partial charge in [-0.25, -0.2) is 9.69 Å². The average Bonchev–Trinajstić information content (AvgIpc) is 2.80. The molecule has 30 heavy (non-hydrogen) atoms. The first-order chi connectivity index (χ1) is 14.8. The average molecular weight is 391 g/mol. The van der Waals surface area contributed by atoms with Crippen LogP contribution >= 0.6 is 0 Å². The number of anilines is 2. The fourth-order valence-electron chi connectivity index (χ4n) is 4.87. The lowest BCUT2D eigenvalue weighted by Crippen LogP contribution is -2.61. The fourth-order valence-corrected chi connectivity index (χ4v) is 4.87. The highest BCUT2D eigenvalue weighted by Crippen LogP contribution is 2.44. The van der Waals surface area contributed by atoms with Crippen LogP contribution in [0.4, 0.5) is 16.2 Å². The molecular formula is C25H18BNO3. The number of carbonyl (C=O) groups is 1. The summed E-state index contributed by atoms with van der Waals surface area (Å²) in [5.41, 5.74) is 5.00. The lowest BCUT2D eigenvalue weighted by molar-refractivity contribution is 0.210. The molecule has 5 heteroatoms. The standard InChI is InChI=1S/C23H12BNO3.C2H6/c26-23-25-16-7-4-10-19-21(16)24(14-6-1-2-8-17(14)27-19)15-12-11-13-5-3-9-18(28-23)20(13)22(15)25;1-2/h1-12H;1-2H3. The van der Waals surface area contributed by atoms with E-state index in [4.69, 9.17) is 9.47 Å². The number of hydrogen-bond acceptors (Lipinski definition) is 3. The van der Waals surface area contributed by atoms with Gasteiger partial charge in [-0.15, -0.1) is 0 Å². The number of carbonyl (C=O) groups excluding carboxylic acids is 1. The molecule has 0 atom stereocenters. The van der Waals surface area contributed by atoms with Crippen molar-refractivity contribution in [3.05, 3.63) is 72.8 Å². The Morgan fingerprint density at radius 3 is 2.40 bits per heavy atom. The summed E-state index contributed by atoms with van der Waals surface area (Å²) in [6.07, 6.45) is -0.377. The third-order valence-corrected chi connectivity index (χ3v) is 5.95. The fraction of sp³-hybridized carbons (Fsp3) is 0.0800. The van der Waals surface area contributed by atoms with Gasteiger partial charge in [-0.3, -0.25) is 0 Å². The van der Waals surface area contributed by atoms with Gasteiger partial charge in [0.25, 0.3) is 6.71 Å². The Labute approximate surface area is 174 Å². The second-order valence-electron chi connectivity index (χ2n) is 7.32. The minimum Gasteiger partial charge on any atom is -0.458 e. The summed E-state index contributed by atoms with van der Waals surface area (Å²) in [4.78, 5) is 14.7. The van der Waals surface area contributed by atoms with Gasteiger partial charge in [-0.05, 0) is 46.0 Å². The van der Waals surface area contributed by atoms with Gasteiger partial charge in [-0.2, -0.15) is 0 Å². The van der Waals surface area contributed by atoms with Crippen molar-refractivity contribution in [1.29, 1.82) is 0 Å². The van der Waals surface area contributed by atoms with Crippen LogP contribution < -0.4 is 30.8 Å². The van der Waals surface area contributed by atoms with Crippen molar-refractivity contribution >= 4 is 51.3 Å². The van der Waals surface area contributed by atoms with Gasteiger partial charge >= 0.3 is 6.09 Å². The third-order valence-electron chi connectivity index (χ3n) is 5.95. The molecule has 0 aromatic heterocycles. The molecule has 0 unspecified atom stereocenters. The van der Waals surface area contributed by atoms with Gasteiger partial charge in [0.05, 0.1) is 11.4 Å². The summed E-state index contributed by atoms with van der Waals surface area (Å²) in [5.74, 6) is 2.28.